The molecule has 0 saturated heterocycles. The number of rotatable bonds is 25. The summed E-state index contributed by atoms with van der Waals surface area (Å²) < 4.78 is 0. The molecule has 0 bridgehead atoms. The lowest BCUT2D eigenvalue weighted by Gasteiger charge is -2.31. The molecule has 0 rings (SSSR count). The Bertz CT molecular complexity index is 428. The summed E-state index contributed by atoms with van der Waals surface area (Å²) >= 11 is 0. The van der Waals surface area contributed by atoms with Crippen molar-refractivity contribution in [3.63, 3.8) is 0 Å². The third kappa shape index (κ3) is 24.4. The summed E-state index contributed by atoms with van der Waals surface area (Å²) in [5.74, 6) is 0.700. The lowest BCUT2D eigenvalue weighted by atomic mass is 9.80. The van der Waals surface area contributed by atoms with Crippen molar-refractivity contribution >= 4 is 0 Å². The van der Waals surface area contributed by atoms with E-state index in [-0.39, 0.29) is 5.54 Å². The van der Waals surface area contributed by atoms with E-state index in [1.54, 1.807) is 0 Å². The molecule has 0 aromatic rings. The minimum Gasteiger partial charge on any atom is -0.325 e. The van der Waals surface area contributed by atoms with Crippen LogP contribution in [0, 0.1) is 5.92 Å². The Morgan fingerprint density at radius 1 is 0.515 bits per heavy atom. The predicted octanol–water partition coefficient (Wildman–Crippen LogP) is 11.1. The van der Waals surface area contributed by atoms with E-state index in [1.807, 2.05) is 0 Å². The van der Waals surface area contributed by atoms with Crippen molar-refractivity contribution in [3.8, 4) is 0 Å². The minimum absolute atomic E-state index is 0.0133. The molecule has 0 aromatic carbocycles. The highest BCUT2D eigenvalue weighted by Gasteiger charge is 2.23. The van der Waals surface area contributed by atoms with Gasteiger partial charge in [0.2, 0.25) is 0 Å². The fraction of sp³-hybridized carbons (Fsp3) is 0.875. The molecule has 2 N–H and O–H groups in total. The van der Waals surface area contributed by atoms with Crippen molar-refractivity contribution in [2.24, 2.45) is 11.7 Å². The Morgan fingerprint density at radius 2 is 0.879 bits per heavy atom. The predicted molar refractivity (Wildman–Crippen MR) is 153 cm³/mol. The van der Waals surface area contributed by atoms with Crippen LogP contribution < -0.4 is 5.73 Å². The van der Waals surface area contributed by atoms with Gasteiger partial charge in [0.05, 0.1) is 0 Å². The Labute approximate surface area is 210 Å². The normalized spacial score (nSPS) is 13.5. The van der Waals surface area contributed by atoms with E-state index >= 15 is 0 Å². The largest absolute Gasteiger partial charge is 0.325 e. The van der Waals surface area contributed by atoms with Gasteiger partial charge in [-0.1, -0.05) is 134 Å². The lowest BCUT2D eigenvalue weighted by molar-refractivity contribution is 0.267. The molecule has 0 spiro atoms. The van der Waals surface area contributed by atoms with Crippen LogP contribution in [0.15, 0.2) is 24.3 Å². The quantitative estimate of drug-likeness (QED) is 0.106. The van der Waals surface area contributed by atoms with E-state index in [9.17, 15) is 0 Å². The van der Waals surface area contributed by atoms with Crippen molar-refractivity contribution in [2.45, 2.75) is 174 Å². The van der Waals surface area contributed by atoms with Gasteiger partial charge >= 0.3 is 0 Å². The fourth-order valence-electron chi connectivity index (χ4n) is 4.79. The molecular formula is C32H63N. The summed E-state index contributed by atoms with van der Waals surface area (Å²) in [5.41, 5.74) is 6.51. The van der Waals surface area contributed by atoms with Crippen molar-refractivity contribution in [3.05, 3.63) is 24.3 Å². The Balaban J connectivity index is 3.59. The van der Waals surface area contributed by atoms with Gasteiger partial charge in [0, 0.05) is 5.54 Å². The number of unbranched alkanes of at least 4 members (excludes halogenated alkanes) is 16. The fourth-order valence-corrected chi connectivity index (χ4v) is 4.79. The van der Waals surface area contributed by atoms with E-state index in [0.29, 0.717) is 5.92 Å². The van der Waals surface area contributed by atoms with Gasteiger partial charge in [-0.05, 0) is 64.7 Å². The standard InChI is InChI=1S/C32H63N/c1-5-7-9-11-13-14-15-16-17-18-19-20-21-22-24-26-28-30-31(32(3,4)33)29-27-25-23-12-10-8-6-2/h13-14,16-17,31H,5-12,15,18-30,33H2,1-4H3/b14-13+,17-16+. The zero-order chi connectivity index (χ0) is 24.5. The first-order chi connectivity index (χ1) is 16.0. The summed E-state index contributed by atoms with van der Waals surface area (Å²) in [6.07, 6.45) is 39.3. The van der Waals surface area contributed by atoms with Crippen molar-refractivity contribution in [2.75, 3.05) is 0 Å². The molecule has 196 valence electrons. The topological polar surface area (TPSA) is 26.0 Å². The number of allylic oxidation sites excluding steroid dienone is 4. The summed E-state index contributed by atoms with van der Waals surface area (Å²) in [5, 5.41) is 0. The molecule has 1 unspecified atom stereocenters. The van der Waals surface area contributed by atoms with Gasteiger partial charge < -0.3 is 5.73 Å². The van der Waals surface area contributed by atoms with E-state index < -0.39 is 0 Å². The first-order valence-electron chi connectivity index (χ1n) is 15.1. The van der Waals surface area contributed by atoms with E-state index in [4.69, 9.17) is 5.73 Å². The van der Waals surface area contributed by atoms with Crippen LogP contribution >= 0.6 is 0 Å². The molecule has 0 aliphatic rings. The van der Waals surface area contributed by atoms with Gasteiger partial charge in [-0.3, -0.25) is 0 Å². The Kier molecular flexibility index (Phi) is 24.1. The van der Waals surface area contributed by atoms with Gasteiger partial charge in [-0.2, -0.15) is 0 Å². The zero-order valence-electron chi connectivity index (χ0n) is 23.5. The molecule has 0 amide bonds. The van der Waals surface area contributed by atoms with Crippen LogP contribution in [-0.4, -0.2) is 5.54 Å². The molecule has 0 heterocycles. The average molecular weight is 462 g/mol. The van der Waals surface area contributed by atoms with Gasteiger partial charge in [-0.25, -0.2) is 0 Å². The Hall–Kier alpha value is -0.560. The van der Waals surface area contributed by atoms with Crippen molar-refractivity contribution in [1.29, 1.82) is 0 Å². The first kappa shape index (κ1) is 32.4. The second-order valence-corrected chi connectivity index (χ2v) is 11.2. The van der Waals surface area contributed by atoms with Crippen LogP contribution in [0.3, 0.4) is 0 Å². The lowest BCUT2D eigenvalue weighted by Crippen LogP contribution is -2.40. The maximum atomic E-state index is 6.52. The first-order valence-corrected chi connectivity index (χ1v) is 15.1. The molecule has 0 aliphatic heterocycles. The average Bonchev–Trinajstić information content (AvgIpc) is 2.78. The summed E-state index contributed by atoms with van der Waals surface area (Å²) in [6, 6.07) is 0. The van der Waals surface area contributed by atoms with Gasteiger partial charge in [0.1, 0.15) is 0 Å². The van der Waals surface area contributed by atoms with Gasteiger partial charge in [-0.15, -0.1) is 0 Å². The molecule has 0 aromatic heterocycles. The van der Waals surface area contributed by atoms with Crippen LogP contribution in [0.5, 0.6) is 0 Å². The van der Waals surface area contributed by atoms with E-state index in [2.05, 4.69) is 52.0 Å². The molecule has 0 aliphatic carbocycles. The number of nitrogens with two attached hydrogens (primary N) is 1. The smallest absolute Gasteiger partial charge is 0.0125 e. The summed E-state index contributed by atoms with van der Waals surface area (Å²) in [6.45, 7) is 9.06. The second-order valence-electron chi connectivity index (χ2n) is 11.2. The van der Waals surface area contributed by atoms with Gasteiger partial charge in [0.25, 0.3) is 0 Å². The highest BCUT2D eigenvalue weighted by molar-refractivity contribution is 4.92. The van der Waals surface area contributed by atoms with Gasteiger partial charge in [0.15, 0.2) is 0 Å². The third-order valence-corrected chi connectivity index (χ3v) is 7.21. The maximum Gasteiger partial charge on any atom is 0.0125 e. The van der Waals surface area contributed by atoms with Crippen LogP contribution in [-0.2, 0) is 0 Å². The monoisotopic (exact) mass is 461 g/mol. The zero-order valence-corrected chi connectivity index (χ0v) is 23.5. The molecule has 1 heteroatoms. The maximum absolute atomic E-state index is 6.52. The summed E-state index contributed by atoms with van der Waals surface area (Å²) in [4.78, 5) is 0. The Morgan fingerprint density at radius 3 is 1.33 bits per heavy atom. The van der Waals surface area contributed by atoms with Crippen LogP contribution in [0.4, 0.5) is 0 Å². The number of hydrogen-bond donors (Lipinski definition) is 1. The molecule has 33 heavy (non-hydrogen) atoms. The minimum atomic E-state index is -0.0133. The SMILES string of the molecule is CCCCC/C=C/C/C=C/CCCCCCCCCC(CCCCCCCCC)C(C)(C)N. The molecular weight excluding hydrogens is 398 g/mol. The molecule has 0 radical (unpaired) electrons. The molecule has 1 nitrogen and oxygen atoms in total. The highest BCUT2D eigenvalue weighted by Crippen LogP contribution is 2.27. The van der Waals surface area contributed by atoms with Crippen LogP contribution in [0.1, 0.15) is 169 Å². The van der Waals surface area contributed by atoms with Crippen molar-refractivity contribution in [1.82, 2.24) is 0 Å². The molecule has 0 saturated carbocycles. The van der Waals surface area contributed by atoms with E-state index in [1.165, 1.54) is 135 Å². The van der Waals surface area contributed by atoms with Crippen molar-refractivity contribution < 1.29 is 0 Å². The molecule has 1 atom stereocenters. The highest BCUT2D eigenvalue weighted by atomic mass is 14.7. The summed E-state index contributed by atoms with van der Waals surface area (Å²) in [7, 11) is 0. The number of hydrogen-bond acceptors (Lipinski definition) is 1. The van der Waals surface area contributed by atoms with E-state index in [0.717, 1.165) is 6.42 Å². The third-order valence-electron chi connectivity index (χ3n) is 7.21. The van der Waals surface area contributed by atoms with Crippen LogP contribution in [0.25, 0.3) is 0 Å². The van der Waals surface area contributed by atoms with Crippen LogP contribution in [0.2, 0.25) is 0 Å². The second kappa shape index (κ2) is 24.6. The molecule has 0 fully saturated rings.